The largest absolute Gasteiger partial charge is 0.476 e. The topological polar surface area (TPSA) is 113 Å². The number of benzene rings is 1. The van der Waals surface area contributed by atoms with Crippen molar-refractivity contribution in [2.24, 2.45) is 0 Å². The minimum atomic E-state index is -1.12. The standard InChI is InChI=1S/C20H19N5O3S/c1-10(2)23-15-7-17(24-12-4-5-14-16(6-12)29-9-22-14)21-8-13(15)19-25-18(20(26)27)11(3)28-19/h4-10H,1-3H3,(H,26,27)(H2,21,23,24). The first-order valence-electron chi connectivity index (χ1n) is 8.98. The first kappa shape index (κ1) is 18.9. The molecule has 0 fully saturated rings. The van der Waals surface area contributed by atoms with Crippen molar-refractivity contribution in [1.82, 2.24) is 15.0 Å². The zero-order valence-electron chi connectivity index (χ0n) is 16.1. The number of pyridine rings is 1. The summed E-state index contributed by atoms with van der Waals surface area (Å²) in [5.41, 5.74) is 4.91. The van der Waals surface area contributed by atoms with Crippen molar-refractivity contribution in [2.45, 2.75) is 26.8 Å². The molecule has 0 unspecified atom stereocenters. The van der Waals surface area contributed by atoms with Crippen LogP contribution < -0.4 is 10.6 Å². The number of nitrogens with one attached hydrogen (secondary N) is 2. The van der Waals surface area contributed by atoms with E-state index in [1.165, 1.54) is 0 Å². The van der Waals surface area contributed by atoms with E-state index < -0.39 is 5.97 Å². The van der Waals surface area contributed by atoms with Crippen LogP contribution in [-0.2, 0) is 0 Å². The van der Waals surface area contributed by atoms with Gasteiger partial charge in [0, 0.05) is 24.0 Å². The molecule has 0 atom stereocenters. The Morgan fingerprint density at radius 1 is 1.24 bits per heavy atom. The van der Waals surface area contributed by atoms with E-state index in [-0.39, 0.29) is 23.4 Å². The van der Waals surface area contributed by atoms with Crippen molar-refractivity contribution in [3.8, 4) is 11.5 Å². The van der Waals surface area contributed by atoms with Crippen molar-refractivity contribution < 1.29 is 14.3 Å². The number of aromatic carboxylic acids is 1. The molecule has 0 amide bonds. The summed E-state index contributed by atoms with van der Waals surface area (Å²) in [5, 5.41) is 15.9. The fourth-order valence-electron chi connectivity index (χ4n) is 2.92. The molecule has 0 aliphatic heterocycles. The Balaban J connectivity index is 1.70. The third kappa shape index (κ3) is 3.90. The van der Waals surface area contributed by atoms with Crippen LogP contribution in [0.3, 0.4) is 0 Å². The molecule has 0 spiro atoms. The summed E-state index contributed by atoms with van der Waals surface area (Å²) in [5.74, 6) is -0.0145. The van der Waals surface area contributed by atoms with Crippen molar-refractivity contribution in [1.29, 1.82) is 0 Å². The molecular weight excluding hydrogens is 390 g/mol. The summed E-state index contributed by atoms with van der Waals surface area (Å²) < 4.78 is 6.67. The third-order valence-corrected chi connectivity index (χ3v) is 4.97. The van der Waals surface area contributed by atoms with Gasteiger partial charge in [-0.25, -0.2) is 19.7 Å². The molecule has 0 aliphatic carbocycles. The van der Waals surface area contributed by atoms with E-state index in [9.17, 15) is 9.90 Å². The van der Waals surface area contributed by atoms with Crippen LogP contribution in [0, 0.1) is 6.92 Å². The van der Waals surface area contributed by atoms with Crippen LogP contribution in [-0.4, -0.2) is 32.1 Å². The molecule has 3 heterocycles. The van der Waals surface area contributed by atoms with Crippen molar-refractivity contribution in [3.05, 3.63) is 47.4 Å². The highest BCUT2D eigenvalue weighted by Gasteiger charge is 2.20. The molecule has 4 aromatic rings. The first-order chi connectivity index (χ1) is 13.9. The number of fused-ring (bicyclic) bond motifs is 1. The minimum Gasteiger partial charge on any atom is -0.476 e. The van der Waals surface area contributed by atoms with Gasteiger partial charge in [0.15, 0.2) is 5.69 Å². The van der Waals surface area contributed by atoms with Gasteiger partial charge in [0.25, 0.3) is 0 Å². The molecule has 0 saturated heterocycles. The highest BCUT2D eigenvalue weighted by Crippen LogP contribution is 2.32. The molecule has 148 valence electrons. The van der Waals surface area contributed by atoms with Gasteiger partial charge >= 0.3 is 5.97 Å². The van der Waals surface area contributed by atoms with Gasteiger partial charge in [-0.15, -0.1) is 11.3 Å². The molecule has 8 nitrogen and oxygen atoms in total. The Morgan fingerprint density at radius 2 is 2.07 bits per heavy atom. The second-order valence-electron chi connectivity index (χ2n) is 6.80. The fourth-order valence-corrected chi connectivity index (χ4v) is 3.63. The van der Waals surface area contributed by atoms with Crippen LogP contribution in [0.5, 0.6) is 0 Å². The average Bonchev–Trinajstić information content (AvgIpc) is 3.27. The van der Waals surface area contributed by atoms with E-state index in [0.717, 1.165) is 21.6 Å². The molecule has 4 rings (SSSR count). The summed E-state index contributed by atoms with van der Waals surface area (Å²) in [7, 11) is 0. The lowest BCUT2D eigenvalue weighted by atomic mass is 10.2. The maximum absolute atomic E-state index is 11.3. The van der Waals surface area contributed by atoms with Gasteiger partial charge in [-0.3, -0.25) is 0 Å². The van der Waals surface area contributed by atoms with Crippen molar-refractivity contribution >= 4 is 44.7 Å². The van der Waals surface area contributed by atoms with Crippen LogP contribution in [0.1, 0.15) is 30.1 Å². The molecule has 1 aromatic carbocycles. The quantitative estimate of drug-likeness (QED) is 0.411. The van der Waals surface area contributed by atoms with Gasteiger partial charge in [-0.2, -0.15) is 0 Å². The van der Waals surface area contributed by atoms with Crippen molar-refractivity contribution in [3.63, 3.8) is 0 Å². The Kier molecular flexibility index (Phi) is 4.89. The lowest BCUT2D eigenvalue weighted by Gasteiger charge is -2.15. The van der Waals surface area contributed by atoms with Gasteiger partial charge in [-0.1, -0.05) is 0 Å². The van der Waals surface area contributed by atoms with Gasteiger partial charge in [0.1, 0.15) is 11.6 Å². The van der Waals surface area contributed by atoms with E-state index in [1.54, 1.807) is 24.5 Å². The number of aromatic nitrogens is 3. The Hall–Kier alpha value is -3.46. The number of carbonyl (C=O) groups is 1. The van der Waals surface area contributed by atoms with E-state index >= 15 is 0 Å². The number of hydrogen-bond acceptors (Lipinski definition) is 8. The average molecular weight is 409 g/mol. The number of carboxylic acid groups (broad SMARTS) is 1. The molecule has 3 aromatic heterocycles. The van der Waals surface area contributed by atoms with Crippen LogP contribution >= 0.6 is 11.3 Å². The molecule has 0 saturated carbocycles. The van der Waals surface area contributed by atoms with Gasteiger partial charge < -0.3 is 20.2 Å². The van der Waals surface area contributed by atoms with E-state index in [4.69, 9.17) is 4.42 Å². The second-order valence-corrected chi connectivity index (χ2v) is 7.69. The van der Waals surface area contributed by atoms with E-state index in [1.807, 2.05) is 43.6 Å². The van der Waals surface area contributed by atoms with E-state index in [2.05, 4.69) is 25.6 Å². The van der Waals surface area contributed by atoms with Crippen molar-refractivity contribution in [2.75, 3.05) is 10.6 Å². The third-order valence-electron chi connectivity index (χ3n) is 4.18. The highest BCUT2D eigenvalue weighted by molar-refractivity contribution is 7.16. The number of hydrogen-bond donors (Lipinski definition) is 3. The predicted molar refractivity (Wildman–Crippen MR) is 113 cm³/mol. The summed E-state index contributed by atoms with van der Waals surface area (Å²) in [6.07, 6.45) is 1.62. The monoisotopic (exact) mass is 409 g/mol. The molecule has 0 aliphatic rings. The predicted octanol–water partition coefficient (Wildman–Crippen LogP) is 4.92. The lowest BCUT2D eigenvalue weighted by molar-refractivity contribution is 0.0689. The maximum Gasteiger partial charge on any atom is 0.358 e. The molecule has 29 heavy (non-hydrogen) atoms. The number of aryl methyl sites for hydroxylation is 1. The number of anilines is 3. The number of thiazole rings is 1. The lowest BCUT2D eigenvalue weighted by Crippen LogP contribution is -2.11. The maximum atomic E-state index is 11.3. The Labute approximate surface area is 170 Å². The zero-order chi connectivity index (χ0) is 20.5. The Morgan fingerprint density at radius 3 is 2.79 bits per heavy atom. The summed E-state index contributed by atoms with van der Waals surface area (Å²) >= 11 is 1.58. The Bertz CT molecular complexity index is 1200. The second kappa shape index (κ2) is 7.51. The smallest absolute Gasteiger partial charge is 0.358 e. The van der Waals surface area contributed by atoms with Gasteiger partial charge in [-0.05, 0) is 39.0 Å². The molecule has 0 bridgehead atoms. The molecule has 0 radical (unpaired) electrons. The van der Waals surface area contributed by atoms with Gasteiger partial charge in [0.2, 0.25) is 5.89 Å². The van der Waals surface area contributed by atoms with Crippen LogP contribution in [0.2, 0.25) is 0 Å². The highest BCUT2D eigenvalue weighted by atomic mass is 32.1. The summed E-state index contributed by atoms with van der Waals surface area (Å²) in [6, 6.07) is 7.93. The van der Waals surface area contributed by atoms with Crippen LogP contribution in [0.4, 0.5) is 17.2 Å². The van der Waals surface area contributed by atoms with E-state index in [0.29, 0.717) is 11.4 Å². The summed E-state index contributed by atoms with van der Waals surface area (Å²) in [4.78, 5) is 24.2. The molecular formula is C20H19N5O3S. The fraction of sp³-hybridized carbons (Fsp3) is 0.200. The van der Waals surface area contributed by atoms with Crippen LogP contribution in [0.15, 0.2) is 40.4 Å². The number of oxazole rings is 1. The SMILES string of the molecule is Cc1oc(-c2cnc(Nc3ccc4ncsc4c3)cc2NC(C)C)nc1C(=O)O. The number of carboxylic acids is 1. The summed E-state index contributed by atoms with van der Waals surface area (Å²) in [6.45, 7) is 5.60. The van der Waals surface area contributed by atoms with Crippen LogP contribution in [0.25, 0.3) is 21.7 Å². The number of nitrogens with zero attached hydrogens (tertiary/aromatic N) is 3. The molecule has 3 N–H and O–H groups in total. The first-order valence-corrected chi connectivity index (χ1v) is 9.86. The zero-order valence-corrected chi connectivity index (χ0v) is 16.9. The minimum absolute atomic E-state index is 0.101. The van der Waals surface area contributed by atoms with Gasteiger partial charge in [0.05, 0.1) is 27.0 Å². The molecule has 9 heteroatoms. The normalized spacial score (nSPS) is 11.2. The number of rotatable bonds is 6.